The minimum absolute atomic E-state index is 0.127. The van der Waals surface area contributed by atoms with Gasteiger partial charge in [-0.25, -0.2) is 9.78 Å². The molecule has 106 valence electrons. The highest BCUT2D eigenvalue weighted by Gasteiger charge is 2.11. The highest BCUT2D eigenvalue weighted by molar-refractivity contribution is 7.11. The predicted molar refractivity (Wildman–Crippen MR) is 73.3 cm³/mol. The van der Waals surface area contributed by atoms with Gasteiger partial charge in [0.05, 0.1) is 6.04 Å². The number of unbranched alkanes of at least 4 members (excludes halogenated alkanes) is 1. The topological polar surface area (TPSA) is 91.3 Å². The third kappa shape index (κ3) is 6.19. The molecule has 0 bridgehead atoms. The second-order valence-electron chi connectivity index (χ2n) is 4.28. The first-order chi connectivity index (χ1) is 8.99. The number of carbonyl (C=O) groups is 2. The fraction of sp³-hybridized carbons (Fsp3) is 0.583. The van der Waals surface area contributed by atoms with Crippen molar-refractivity contribution in [2.75, 3.05) is 6.54 Å². The maximum atomic E-state index is 11.6. The second-order valence-corrected chi connectivity index (χ2v) is 5.55. The van der Waals surface area contributed by atoms with Gasteiger partial charge >= 0.3 is 12.0 Å². The summed E-state index contributed by atoms with van der Waals surface area (Å²) in [5.74, 6) is -0.808. The molecular formula is C12H19N3O3S. The Kier molecular flexibility index (Phi) is 6.27. The van der Waals surface area contributed by atoms with E-state index in [1.54, 1.807) is 17.5 Å². The van der Waals surface area contributed by atoms with Crippen LogP contribution in [0.15, 0.2) is 6.20 Å². The summed E-state index contributed by atoms with van der Waals surface area (Å²) in [6.45, 7) is 4.32. The van der Waals surface area contributed by atoms with Gasteiger partial charge in [-0.1, -0.05) is 0 Å². The molecule has 0 fully saturated rings. The molecule has 0 aromatic carbocycles. The Morgan fingerprint density at radius 2 is 2.21 bits per heavy atom. The van der Waals surface area contributed by atoms with E-state index in [2.05, 4.69) is 15.6 Å². The number of rotatable bonds is 7. The Morgan fingerprint density at radius 1 is 1.47 bits per heavy atom. The number of amides is 2. The number of hydrogen-bond donors (Lipinski definition) is 3. The lowest BCUT2D eigenvalue weighted by molar-refractivity contribution is -0.137. The lowest BCUT2D eigenvalue weighted by atomic mass is 10.2. The van der Waals surface area contributed by atoms with Crippen LogP contribution in [0.25, 0.3) is 0 Å². The number of aryl methyl sites for hydroxylation is 1. The van der Waals surface area contributed by atoms with Crippen LogP contribution in [0.5, 0.6) is 0 Å². The molecule has 19 heavy (non-hydrogen) atoms. The van der Waals surface area contributed by atoms with Gasteiger partial charge < -0.3 is 15.7 Å². The fourth-order valence-electron chi connectivity index (χ4n) is 1.48. The molecular weight excluding hydrogens is 266 g/mol. The molecule has 1 unspecified atom stereocenters. The van der Waals surface area contributed by atoms with E-state index >= 15 is 0 Å². The summed E-state index contributed by atoms with van der Waals surface area (Å²) < 4.78 is 0. The first kappa shape index (κ1) is 15.4. The van der Waals surface area contributed by atoms with Gasteiger partial charge in [-0.2, -0.15) is 0 Å². The summed E-state index contributed by atoms with van der Waals surface area (Å²) in [5.41, 5.74) is 0. The summed E-state index contributed by atoms with van der Waals surface area (Å²) in [5, 5.41) is 14.8. The molecule has 1 rings (SSSR count). The highest BCUT2D eigenvalue weighted by Crippen LogP contribution is 2.18. The third-order valence-electron chi connectivity index (χ3n) is 2.46. The van der Waals surface area contributed by atoms with Gasteiger partial charge in [0.25, 0.3) is 0 Å². The standard InChI is InChI=1S/C12H19N3O3S/c1-8-7-14-11(19-8)9(2)15-12(18)13-6-4-3-5-10(16)17/h7,9H,3-6H2,1-2H3,(H,16,17)(H2,13,15,18). The predicted octanol–water partition coefficient (Wildman–Crippen LogP) is 2.07. The molecule has 7 heteroatoms. The van der Waals surface area contributed by atoms with Crippen molar-refractivity contribution in [3.05, 3.63) is 16.1 Å². The zero-order chi connectivity index (χ0) is 14.3. The highest BCUT2D eigenvalue weighted by atomic mass is 32.1. The Labute approximate surface area is 116 Å². The molecule has 1 aromatic heterocycles. The molecule has 2 amide bonds. The first-order valence-electron chi connectivity index (χ1n) is 6.17. The number of carboxylic acids is 1. The molecule has 0 saturated heterocycles. The van der Waals surface area contributed by atoms with E-state index < -0.39 is 5.97 Å². The summed E-state index contributed by atoms with van der Waals surface area (Å²) in [7, 11) is 0. The zero-order valence-corrected chi connectivity index (χ0v) is 11.9. The molecule has 3 N–H and O–H groups in total. The van der Waals surface area contributed by atoms with Crippen LogP contribution in [-0.2, 0) is 4.79 Å². The smallest absolute Gasteiger partial charge is 0.315 e. The van der Waals surface area contributed by atoms with Gasteiger partial charge in [-0.05, 0) is 26.7 Å². The average Bonchev–Trinajstić information content (AvgIpc) is 2.75. The molecule has 1 atom stereocenters. The molecule has 1 heterocycles. The number of aliphatic carboxylic acids is 1. The van der Waals surface area contributed by atoms with Crippen LogP contribution in [0.4, 0.5) is 4.79 Å². The van der Waals surface area contributed by atoms with Crippen LogP contribution in [0, 0.1) is 6.92 Å². The molecule has 6 nitrogen and oxygen atoms in total. The van der Waals surface area contributed by atoms with E-state index in [1.807, 2.05) is 13.8 Å². The zero-order valence-electron chi connectivity index (χ0n) is 11.1. The van der Waals surface area contributed by atoms with E-state index in [1.165, 1.54) is 0 Å². The van der Waals surface area contributed by atoms with Crippen molar-refractivity contribution in [1.82, 2.24) is 15.6 Å². The third-order valence-corrected chi connectivity index (χ3v) is 3.56. The van der Waals surface area contributed by atoms with Gasteiger partial charge in [-0.15, -0.1) is 11.3 Å². The molecule has 0 saturated carbocycles. The summed E-state index contributed by atoms with van der Waals surface area (Å²) in [4.78, 5) is 27.2. The SMILES string of the molecule is Cc1cnc(C(C)NC(=O)NCCCCC(=O)O)s1. The average molecular weight is 285 g/mol. The van der Waals surface area contributed by atoms with Crippen LogP contribution in [0.3, 0.4) is 0 Å². The Bertz CT molecular complexity index is 434. The van der Waals surface area contributed by atoms with Gasteiger partial charge in [0.2, 0.25) is 0 Å². The number of hydrogen-bond acceptors (Lipinski definition) is 4. The van der Waals surface area contributed by atoms with E-state index in [9.17, 15) is 9.59 Å². The molecule has 0 aliphatic rings. The Hall–Kier alpha value is -1.63. The number of carboxylic acid groups (broad SMARTS) is 1. The fourth-order valence-corrected chi connectivity index (χ4v) is 2.26. The number of urea groups is 1. The lowest BCUT2D eigenvalue weighted by Gasteiger charge is -2.12. The van der Waals surface area contributed by atoms with Crippen LogP contribution in [-0.4, -0.2) is 28.6 Å². The van der Waals surface area contributed by atoms with E-state index in [4.69, 9.17) is 5.11 Å². The van der Waals surface area contributed by atoms with E-state index in [0.29, 0.717) is 19.4 Å². The van der Waals surface area contributed by atoms with Crippen LogP contribution < -0.4 is 10.6 Å². The van der Waals surface area contributed by atoms with Gasteiger partial charge in [0, 0.05) is 24.0 Å². The van der Waals surface area contributed by atoms with Gasteiger partial charge in [0.1, 0.15) is 5.01 Å². The summed E-state index contributed by atoms with van der Waals surface area (Å²) in [6.07, 6.45) is 3.14. The summed E-state index contributed by atoms with van der Waals surface area (Å²) in [6, 6.07) is -0.381. The number of nitrogens with zero attached hydrogens (tertiary/aromatic N) is 1. The molecule has 1 aromatic rings. The number of nitrogens with one attached hydrogen (secondary N) is 2. The molecule has 0 radical (unpaired) electrons. The van der Waals surface area contributed by atoms with Crippen molar-refractivity contribution >= 4 is 23.3 Å². The largest absolute Gasteiger partial charge is 0.481 e. The maximum Gasteiger partial charge on any atom is 0.315 e. The summed E-state index contributed by atoms with van der Waals surface area (Å²) >= 11 is 1.55. The maximum absolute atomic E-state index is 11.6. The number of aromatic nitrogens is 1. The lowest BCUT2D eigenvalue weighted by Crippen LogP contribution is -2.37. The van der Waals surface area contributed by atoms with Crippen molar-refractivity contribution in [2.45, 2.75) is 39.2 Å². The Balaban J connectivity index is 2.18. The second kappa shape index (κ2) is 7.73. The Morgan fingerprint density at radius 3 is 2.79 bits per heavy atom. The van der Waals surface area contributed by atoms with Crippen molar-refractivity contribution < 1.29 is 14.7 Å². The minimum atomic E-state index is -0.808. The quantitative estimate of drug-likeness (QED) is 0.669. The van der Waals surface area contributed by atoms with Crippen LogP contribution >= 0.6 is 11.3 Å². The minimum Gasteiger partial charge on any atom is -0.481 e. The first-order valence-corrected chi connectivity index (χ1v) is 6.99. The monoisotopic (exact) mass is 285 g/mol. The van der Waals surface area contributed by atoms with Crippen LogP contribution in [0.1, 0.15) is 42.1 Å². The van der Waals surface area contributed by atoms with Crippen LogP contribution in [0.2, 0.25) is 0 Å². The van der Waals surface area contributed by atoms with E-state index in [0.717, 1.165) is 9.88 Å². The normalized spacial score (nSPS) is 11.9. The van der Waals surface area contributed by atoms with Crippen molar-refractivity contribution in [3.8, 4) is 0 Å². The van der Waals surface area contributed by atoms with E-state index in [-0.39, 0.29) is 18.5 Å². The molecule has 0 spiro atoms. The van der Waals surface area contributed by atoms with Gasteiger partial charge in [0.15, 0.2) is 0 Å². The van der Waals surface area contributed by atoms with Crippen molar-refractivity contribution in [3.63, 3.8) is 0 Å². The number of carbonyl (C=O) groups excluding carboxylic acids is 1. The van der Waals surface area contributed by atoms with Crippen molar-refractivity contribution in [1.29, 1.82) is 0 Å². The molecule has 0 aliphatic carbocycles. The van der Waals surface area contributed by atoms with Gasteiger partial charge in [-0.3, -0.25) is 4.79 Å². The van der Waals surface area contributed by atoms with Crippen molar-refractivity contribution in [2.24, 2.45) is 0 Å². The number of thiazole rings is 1. The molecule has 0 aliphatic heterocycles.